The third kappa shape index (κ3) is 3.85. The van der Waals surface area contributed by atoms with Crippen molar-refractivity contribution in [2.24, 2.45) is 5.73 Å². The van der Waals surface area contributed by atoms with E-state index in [2.05, 4.69) is 5.32 Å². The molecule has 4 N–H and O–H groups in total. The first-order chi connectivity index (χ1) is 12.5. The van der Waals surface area contributed by atoms with Gasteiger partial charge < -0.3 is 15.7 Å². The van der Waals surface area contributed by atoms with Crippen LogP contribution in [0, 0.1) is 0 Å². The number of thiophene rings is 1. The number of carbonyl (C=O) groups excluding carboxylic acids is 2. The average Bonchev–Trinajstić information content (AvgIpc) is 3.05. The first-order valence-electron chi connectivity index (χ1n) is 8.29. The zero-order valence-electron chi connectivity index (χ0n) is 14.0. The Morgan fingerprint density at radius 2 is 1.73 bits per heavy atom. The van der Waals surface area contributed by atoms with Crippen LogP contribution in [-0.2, 0) is 0 Å². The molecule has 0 bridgehead atoms. The molecule has 1 fully saturated rings. The van der Waals surface area contributed by atoms with E-state index in [-0.39, 0.29) is 16.5 Å². The molecule has 1 saturated heterocycles. The Balaban J connectivity index is 1.83. The highest BCUT2D eigenvalue weighted by Gasteiger charge is 2.20. The van der Waals surface area contributed by atoms with Gasteiger partial charge in [0.15, 0.2) is 0 Å². The molecule has 1 aromatic carbocycles. The van der Waals surface area contributed by atoms with Gasteiger partial charge >= 0.3 is 12.0 Å². The Kier molecular flexibility index (Phi) is 5.22. The number of hydrogen-bond acceptors (Lipinski definition) is 4. The number of nitrogens with one attached hydrogen (secondary N) is 1. The van der Waals surface area contributed by atoms with Crippen molar-refractivity contribution in [2.45, 2.75) is 19.3 Å². The van der Waals surface area contributed by atoms with Crippen LogP contribution < -0.4 is 11.1 Å². The molecule has 26 heavy (non-hydrogen) atoms. The van der Waals surface area contributed by atoms with E-state index >= 15 is 0 Å². The van der Waals surface area contributed by atoms with Crippen LogP contribution >= 0.6 is 11.3 Å². The quantitative estimate of drug-likeness (QED) is 0.763. The lowest BCUT2D eigenvalue weighted by atomic mass is 10.1. The first-order valence-corrected chi connectivity index (χ1v) is 9.10. The van der Waals surface area contributed by atoms with Crippen LogP contribution in [0.4, 0.5) is 9.80 Å². The molecule has 7 nitrogen and oxygen atoms in total. The van der Waals surface area contributed by atoms with Crippen molar-refractivity contribution in [3.05, 3.63) is 41.5 Å². The molecule has 0 spiro atoms. The maximum Gasteiger partial charge on any atom is 0.338 e. The number of benzene rings is 1. The minimum atomic E-state index is -1.15. The van der Waals surface area contributed by atoms with Gasteiger partial charge in [0.1, 0.15) is 5.00 Å². The summed E-state index contributed by atoms with van der Waals surface area (Å²) < 4.78 is 0. The van der Waals surface area contributed by atoms with E-state index in [4.69, 9.17) is 5.73 Å². The minimum absolute atomic E-state index is 0.0164. The van der Waals surface area contributed by atoms with Gasteiger partial charge in [-0.2, -0.15) is 0 Å². The van der Waals surface area contributed by atoms with Crippen molar-refractivity contribution in [2.75, 3.05) is 18.4 Å². The Bertz CT molecular complexity index is 839. The number of carboxylic acid groups (broad SMARTS) is 1. The van der Waals surface area contributed by atoms with E-state index in [1.165, 1.54) is 6.07 Å². The highest BCUT2D eigenvalue weighted by atomic mass is 32.1. The number of carboxylic acids is 1. The van der Waals surface area contributed by atoms with Gasteiger partial charge in [-0.3, -0.25) is 10.1 Å². The number of rotatable bonds is 4. The highest BCUT2D eigenvalue weighted by molar-refractivity contribution is 7.20. The maximum absolute atomic E-state index is 12.5. The van der Waals surface area contributed by atoms with Gasteiger partial charge in [-0.25, -0.2) is 9.59 Å². The summed E-state index contributed by atoms with van der Waals surface area (Å²) in [5.74, 6) is -1.13. The van der Waals surface area contributed by atoms with Crippen LogP contribution in [0.2, 0.25) is 0 Å². The number of urea groups is 1. The fraction of sp³-hybridized carbons (Fsp3) is 0.278. The Morgan fingerprint density at radius 3 is 2.31 bits per heavy atom. The Morgan fingerprint density at radius 1 is 1.08 bits per heavy atom. The predicted octanol–water partition coefficient (Wildman–Crippen LogP) is 3.23. The molecule has 1 aliphatic rings. The van der Waals surface area contributed by atoms with E-state index < -0.39 is 12.0 Å². The maximum atomic E-state index is 12.5. The largest absolute Gasteiger partial charge is 0.478 e. The third-order valence-corrected chi connectivity index (χ3v) is 5.36. The number of nitrogens with zero attached hydrogens (tertiary/aromatic N) is 1. The molecule has 0 aliphatic carbocycles. The van der Waals surface area contributed by atoms with Gasteiger partial charge in [-0.1, -0.05) is 12.1 Å². The van der Waals surface area contributed by atoms with Crippen molar-refractivity contribution < 1.29 is 19.5 Å². The molecule has 0 atom stereocenters. The van der Waals surface area contributed by atoms with Gasteiger partial charge in [0.25, 0.3) is 5.91 Å². The lowest BCUT2D eigenvalue weighted by Gasteiger charge is -2.26. The van der Waals surface area contributed by atoms with Crippen LogP contribution in [0.3, 0.4) is 0 Å². The predicted molar refractivity (Wildman–Crippen MR) is 99.7 cm³/mol. The van der Waals surface area contributed by atoms with Crippen LogP contribution in [0.25, 0.3) is 10.4 Å². The fourth-order valence-electron chi connectivity index (χ4n) is 2.95. The molecule has 2 aromatic rings. The molecule has 8 heteroatoms. The molecule has 136 valence electrons. The second-order valence-corrected chi connectivity index (χ2v) is 7.13. The third-order valence-electron chi connectivity index (χ3n) is 4.26. The van der Waals surface area contributed by atoms with Gasteiger partial charge in [-0.05, 0) is 43.0 Å². The smallest absolute Gasteiger partial charge is 0.338 e. The molecule has 2 heterocycles. The van der Waals surface area contributed by atoms with Crippen LogP contribution in [0.15, 0.2) is 30.3 Å². The number of anilines is 1. The molecule has 3 rings (SSSR count). The summed E-state index contributed by atoms with van der Waals surface area (Å²) in [6.45, 7) is 1.57. The number of hydrogen-bond donors (Lipinski definition) is 3. The summed E-state index contributed by atoms with van der Waals surface area (Å²) in [5, 5.41) is 11.8. The van der Waals surface area contributed by atoms with E-state index in [1.54, 1.807) is 24.3 Å². The summed E-state index contributed by atoms with van der Waals surface area (Å²) in [5.41, 5.74) is 6.45. The van der Waals surface area contributed by atoms with E-state index in [0.29, 0.717) is 10.4 Å². The summed E-state index contributed by atoms with van der Waals surface area (Å²) in [6, 6.07) is 7.72. The van der Waals surface area contributed by atoms with Crippen molar-refractivity contribution >= 4 is 34.2 Å². The number of amides is 3. The zero-order chi connectivity index (χ0) is 18.7. The van der Waals surface area contributed by atoms with E-state index in [9.17, 15) is 19.5 Å². The number of likely N-dealkylation sites (tertiary alicyclic amines) is 1. The monoisotopic (exact) mass is 373 g/mol. The number of carbonyl (C=O) groups is 3. The SMILES string of the molecule is NC(=O)Nc1sc(-c2ccc(C(=O)N3CCCCC3)cc2)cc1C(=O)O. The molecule has 0 saturated carbocycles. The fourth-order valence-corrected chi connectivity index (χ4v) is 4.01. The Labute approximate surface area is 154 Å². The number of aromatic carboxylic acids is 1. The number of primary amides is 1. The van der Waals surface area contributed by atoms with Gasteiger partial charge in [0, 0.05) is 23.5 Å². The standard InChI is InChI=1S/C18H19N3O4S/c19-18(25)20-15-13(17(23)24)10-14(26-15)11-4-6-12(7-5-11)16(22)21-8-2-1-3-9-21/h4-7,10H,1-3,8-9H2,(H,23,24)(H3,19,20,25). The first kappa shape index (κ1) is 17.9. The van der Waals surface area contributed by atoms with Crippen molar-refractivity contribution in [1.82, 2.24) is 4.90 Å². The summed E-state index contributed by atoms with van der Waals surface area (Å²) >= 11 is 1.12. The lowest BCUT2D eigenvalue weighted by Crippen LogP contribution is -2.35. The van der Waals surface area contributed by atoms with Gasteiger partial charge in [0.2, 0.25) is 0 Å². The molecule has 0 unspecified atom stereocenters. The van der Waals surface area contributed by atoms with Gasteiger partial charge in [0.05, 0.1) is 5.56 Å². The van der Waals surface area contributed by atoms with E-state index in [0.717, 1.165) is 49.3 Å². The van der Waals surface area contributed by atoms with Crippen molar-refractivity contribution in [3.8, 4) is 10.4 Å². The summed E-state index contributed by atoms with van der Waals surface area (Å²) in [4.78, 5) is 37.4. The number of piperidine rings is 1. The van der Waals surface area contributed by atoms with Gasteiger partial charge in [-0.15, -0.1) is 11.3 Å². The lowest BCUT2D eigenvalue weighted by molar-refractivity contribution is 0.0696. The van der Waals surface area contributed by atoms with Crippen molar-refractivity contribution in [1.29, 1.82) is 0 Å². The van der Waals surface area contributed by atoms with Crippen LogP contribution in [-0.4, -0.2) is 41.0 Å². The molecule has 0 radical (unpaired) electrons. The summed E-state index contributed by atoms with van der Waals surface area (Å²) in [6.07, 6.45) is 3.23. The topological polar surface area (TPSA) is 113 Å². The number of nitrogens with two attached hydrogens (primary N) is 1. The average molecular weight is 373 g/mol. The molecular weight excluding hydrogens is 354 g/mol. The molecule has 3 amide bonds. The van der Waals surface area contributed by atoms with Crippen LogP contribution in [0.1, 0.15) is 40.0 Å². The normalized spacial score (nSPS) is 14.1. The zero-order valence-corrected chi connectivity index (χ0v) is 14.8. The molecule has 1 aliphatic heterocycles. The highest BCUT2D eigenvalue weighted by Crippen LogP contribution is 2.35. The summed E-state index contributed by atoms with van der Waals surface area (Å²) in [7, 11) is 0. The van der Waals surface area contributed by atoms with Crippen LogP contribution in [0.5, 0.6) is 0 Å². The minimum Gasteiger partial charge on any atom is -0.478 e. The second-order valence-electron chi connectivity index (χ2n) is 6.08. The van der Waals surface area contributed by atoms with Crippen molar-refractivity contribution in [3.63, 3.8) is 0 Å². The Hall–Kier alpha value is -2.87. The van der Waals surface area contributed by atoms with E-state index in [1.807, 2.05) is 4.90 Å². The molecular formula is C18H19N3O4S. The second kappa shape index (κ2) is 7.57. The molecule has 1 aromatic heterocycles.